The van der Waals surface area contributed by atoms with Gasteiger partial charge >= 0.3 is 0 Å². The van der Waals surface area contributed by atoms with Crippen molar-refractivity contribution >= 4 is 26.2 Å². The van der Waals surface area contributed by atoms with Gasteiger partial charge in [0.25, 0.3) is 0 Å². The van der Waals surface area contributed by atoms with E-state index in [0.29, 0.717) is 18.8 Å². The Morgan fingerprint density at radius 3 is 2.17 bits per heavy atom. The maximum atomic E-state index is 12.5. The zero-order chi connectivity index (χ0) is 27.6. The van der Waals surface area contributed by atoms with Crippen LogP contribution in [0, 0.1) is 19.8 Å². The van der Waals surface area contributed by atoms with E-state index in [1.165, 1.54) is 22.3 Å². The molecule has 36 heavy (non-hydrogen) atoms. The molecule has 0 saturated heterocycles. The van der Waals surface area contributed by atoms with E-state index >= 15 is 0 Å². The molecule has 4 heteroatoms. The van der Waals surface area contributed by atoms with E-state index < -0.39 is 5.67 Å². The van der Waals surface area contributed by atoms with E-state index in [1.54, 1.807) is 13.0 Å². The lowest BCUT2D eigenvalue weighted by Crippen LogP contribution is -2.21. The van der Waals surface area contributed by atoms with Crippen LogP contribution >= 0.6 is 9.24 Å². The molecule has 0 fully saturated rings. The van der Waals surface area contributed by atoms with Gasteiger partial charge in [-0.05, 0) is 109 Å². The fourth-order valence-corrected chi connectivity index (χ4v) is 4.62. The summed E-state index contributed by atoms with van der Waals surface area (Å²) in [5, 5.41) is 10.4. The van der Waals surface area contributed by atoms with Gasteiger partial charge in [0.05, 0.1) is 6.04 Å². The van der Waals surface area contributed by atoms with Crippen molar-refractivity contribution in [3.05, 3.63) is 88.2 Å². The van der Waals surface area contributed by atoms with E-state index in [4.69, 9.17) is 5.73 Å². The first kappa shape index (κ1) is 31.8. The second-order valence-corrected chi connectivity index (χ2v) is 11.0. The highest BCUT2D eigenvalue weighted by atomic mass is 31.0. The Bertz CT molecular complexity index is 1050. The number of nitrogens with two attached hydrogens (primary N) is 1. The molecule has 0 amide bonds. The maximum Gasteiger partial charge on any atom is 0.108 e. The third kappa shape index (κ3) is 9.68. The summed E-state index contributed by atoms with van der Waals surface area (Å²) in [5.41, 5.74) is 14.3. The number of aryl methyl sites for hydroxylation is 2. The Morgan fingerprint density at radius 1 is 1.14 bits per heavy atom. The molecular formula is C32H47FNOP. The van der Waals surface area contributed by atoms with Crippen molar-refractivity contribution in [1.82, 2.24) is 0 Å². The average molecular weight is 512 g/mol. The standard InChI is InChI=1S/C26H34NOP.C6H13F/c1-16(2)13-23(22-10-8-7-9-17(22)3)20(6)26(27)25-18(4)14-21(15-24(25)29)12-11-19(5)28;1-4-6(3,7)5-2/h7-12,14-16,26,28H,5,13,27,29H2,1-4,6H3;4-5H2,1-3H3/b12-11+,23-20+;/t26-;/m0./s1. The van der Waals surface area contributed by atoms with Gasteiger partial charge < -0.3 is 10.8 Å². The van der Waals surface area contributed by atoms with Crippen LogP contribution in [0.5, 0.6) is 0 Å². The lowest BCUT2D eigenvalue weighted by molar-refractivity contribution is 0.177. The normalized spacial score (nSPS) is 13.3. The number of halogens is 1. The molecule has 0 aliphatic carbocycles. The minimum atomic E-state index is -0.917. The molecule has 2 rings (SSSR count). The first-order valence-corrected chi connectivity index (χ1v) is 13.5. The van der Waals surface area contributed by atoms with Gasteiger partial charge in [0.15, 0.2) is 0 Å². The summed E-state index contributed by atoms with van der Waals surface area (Å²) in [6.45, 7) is 19.8. The summed E-state index contributed by atoms with van der Waals surface area (Å²) >= 11 is 0. The summed E-state index contributed by atoms with van der Waals surface area (Å²) in [6, 6.07) is 12.6. The van der Waals surface area contributed by atoms with Gasteiger partial charge in [0.2, 0.25) is 0 Å². The molecule has 0 saturated carbocycles. The monoisotopic (exact) mass is 511 g/mol. The minimum absolute atomic E-state index is 0.0454. The number of aliphatic hydroxyl groups excluding tert-OH is 1. The van der Waals surface area contributed by atoms with Gasteiger partial charge in [-0.3, -0.25) is 0 Å². The molecule has 2 aromatic rings. The van der Waals surface area contributed by atoms with Crippen LogP contribution < -0.4 is 11.0 Å². The number of benzene rings is 2. The fraction of sp³-hybridized carbons (Fsp3) is 0.438. The lowest BCUT2D eigenvalue weighted by atomic mass is 9.85. The van der Waals surface area contributed by atoms with Crippen molar-refractivity contribution in [1.29, 1.82) is 0 Å². The molecule has 0 radical (unpaired) electrons. The Kier molecular flexibility index (Phi) is 12.8. The number of rotatable bonds is 9. The zero-order valence-corrected chi connectivity index (χ0v) is 24.7. The first-order chi connectivity index (χ1) is 16.7. The Labute approximate surface area is 221 Å². The number of hydrogen-bond acceptors (Lipinski definition) is 2. The highest BCUT2D eigenvalue weighted by Gasteiger charge is 2.20. The molecule has 1 unspecified atom stereocenters. The number of alkyl halides is 1. The van der Waals surface area contributed by atoms with Gasteiger partial charge in [-0.15, -0.1) is 9.24 Å². The summed E-state index contributed by atoms with van der Waals surface area (Å²) < 4.78 is 12.5. The second-order valence-electron chi connectivity index (χ2n) is 10.3. The number of hydrogen-bond donors (Lipinski definition) is 2. The smallest absolute Gasteiger partial charge is 0.108 e. The Balaban J connectivity index is 0.000000809. The van der Waals surface area contributed by atoms with Crippen LogP contribution in [0.25, 0.3) is 11.6 Å². The van der Waals surface area contributed by atoms with Crippen LogP contribution in [-0.2, 0) is 0 Å². The first-order valence-electron chi connectivity index (χ1n) is 12.9. The largest absolute Gasteiger partial charge is 0.509 e. The molecule has 2 aromatic carbocycles. The molecule has 3 N–H and O–H groups in total. The number of aliphatic hydroxyl groups is 1. The SMILES string of the molecule is C=C(O)/C=C/c1cc(C)c([C@@H](N)/C(C)=C(\CC(C)C)c2ccccc2C)c(P)c1.CCC(C)(F)CC. The van der Waals surface area contributed by atoms with E-state index in [9.17, 15) is 9.50 Å². The molecule has 0 aliphatic rings. The third-order valence-corrected chi connectivity index (χ3v) is 7.20. The summed E-state index contributed by atoms with van der Waals surface area (Å²) in [4.78, 5) is 0. The second kappa shape index (κ2) is 14.5. The van der Waals surface area contributed by atoms with Crippen molar-refractivity contribution in [2.45, 2.75) is 86.4 Å². The van der Waals surface area contributed by atoms with Crippen LogP contribution in [0.3, 0.4) is 0 Å². The van der Waals surface area contributed by atoms with Gasteiger partial charge in [-0.1, -0.05) is 70.7 Å². The van der Waals surface area contributed by atoms with E-state index in [0.717, 1.165) is 28.4 Å². The van der Waals surface area contributed by atoms with Crippen LogP contribution in [0.4, 0.5) is 4.39 Å². The molecule has 2 nitrogen and oxygen atoms in total. The molecule has 0 spiro atoms. The molecule has 198 valence electrons. The minimum Gasteiger partial charge on any atom is -0.509 e. The van der Waals surface area contributed by atoms with Crippen molar-refractivity contribution in [3.63, 3.8) is 0 Å². The molecule has 0 aromatic heterocycles. The highest BCUT2D eigenvalue weighted by molar-refractivity contribution is 7.27. The highest BCUT2D eigenvalue weighted by Crippen LogP contribution is 2.34. The van der Waals surface area contributed by atoms with E-state index in [1.807, 2.05) is 19.9 Å². The van der Waals surface area contributed by atoms with Crippen molar-refractivity contribution in [2.75, 3.05) is 0 Å². The molecule has 2 atom stereocenters. The van der Waals surface area contributed by atoms with Crippen molar-refractivity contribution in [3.8, 4) is 0 Å². The fourth-order valence-electron chi connectivity index (χ4n) is 4.03. The molecule has 0 bridgehead atoms. The van der Waals surface area contributed by atoms with Gasteiger partial charge in [-0.2, -0.15) is 0 Å². The summed E-state index contributed by atoms with van der Waals surface area (Å²) in [5.74, 6) is 0.589. The number of allylic oxidation sites excluding steroid dienone is 2. The van der Waals surface area contributed by atoms with E-state index in [-0.39, 0.29) is 11.8 Å². The topological polar surface area (TPSA) is 46.2 Å². The molecule has 0 heterocycles. The lowest BCUT2D eigenvalue weighted by Gasteiger charge is -2.24. The van der Waals surface area contributed by atoms with Crippen LogP contribution in [-0.4, -0.2) is 10.8 Å². The summed E-state index contributed by atoms with van der Waals surface area (Å²) in [6.07, 6.45) is 5.71. The van der Waals surface area contributed by atoms with Gasteiger partial charge in [0.1, 0.15) is 11.4 Å². The van der Waals surface area contributed by atoms with Crippen molar-refractivity contribution in [2.24, 2.45) is 11.7 Å². The van der Waals surface area contributed by atoms with Crippen LogP contribution in [0.1, 0.15) is 94.7 Å². The van der Waals surface area contributed by atoms with Crippen LogP contribution in [0.2, 0.25) is 0 Å². The summed E-state index contributed by atoms with van der Waals surface area (Å²) in [7, 11) is 2.83. The predicted molar refractivity (Wildman–Crippen MR) is 162 cm³/mol. The van der Waals surface area contributed by atoms with Crippen LogP contribution in [0.15, 0.2) is 60.4 Å². The van der Waals surface area contributed by atoms with Gasteiger partial charge in [0, 0.05) is 0 Å². The third-order valence-electron chi connectivity index (χ3n) is 6.72. The molecular weight excluding hydrogens is 464 g/mol. The average Bonchev–Trinajstić information content (AvgIpc) is 2.81. The zero-order valence-electron chi connectivity index (χ0n) is 23.6. The Morgan fingerprint density at radius 2 is 1.72 bits per heavy atom. The maximum absolute atomic E-state index is 12.5. The predicted octanol–water partition coefficient (Wildman–Crippen LogP) is 8.94. The molecule has 0 aliphatic heterocycles. The quantitative estimate of drug-likeness (QED) is 0.200. The van der Waals surface area contributed by atoms with Gasteiger partial charge in [-0.25, -0.2) is 4.39 Å². The van der Waals surface area contributed by atoms with Crippen molar-refractivity contribution < 1.29 is 9.50 Å². The Hall–Kier alpha value is -2.22. The van der Waals surface area contributed by atoms with E-state index in [2.05, 4.69) is 86.8 Å².